The number of aliphatic hydroxyl groups excluding tert-OH is 1. The van der Waals surface area contributed by atoms with Crippen molar-refractivity contribution < 1.29 is 19.6 Å². The van der Waals surface area contributed by atoms with Crippen LogP contribution in [0, 0.1) is 10.1 Å². The van der Waals surface area contributed by atoms with E-state index in [0.29, 0.717) is 19.4 Å². The lowest BCUT2D eigenvalue weighted by atomic mass is 10.2. The number of amides is 1. The lowest BCUT2D eigenvalue weighted by molar-refractivity contribution is -0.384. The molecule has 0 aliphatic heterocycles. The number of benzene rings is 1. The van der Waals surface area contributed by atoms with Gasteiger partial charge < -0.3 is 9.84 Å². The summed E-state index contributed by atoms with van der Waals surface area (Å²) in [5.41, 5.74) is 0.124. The molecule has 0 aromatic heterocycles. The van der Waals surface area contributed by atoms with Crippen molar-refractivity contribution in [3.63, 3.8) is 0 Å². The number of hydrogen-bond acceptors (Lipinski definition) is 5. The molecule has 0 saturated carbocycles. The summed E-state index contributed by atoms with van der Waals surface area (Å²) in [6.07, 6.45) is 2.50. The maximum Gasteiger partial charge on any atom is 0.414 e. The highest BCUT2D eigenvalue weighted by Gasteiger charge is 2.24. The van der Waals surface area contributed by atoms with Crippen molar-refractivity contribution in [3.05, 3.63) is 34.4 Å². The number of carbonyl (C=O) groups excluding carboxylic acids is 1. The smallest absolute Gasteiger partial charge is 0.414 e. The van der Waals surface area contributed by atoms with E-state index in [0.717, 1.165) is 12.8 Å². The second-order valence-corrected chi connectivity index (χ2v) is 4.73. The fourth-order valence-corrected chi connectivity index (χ4v) is 2.09. The molecule has 0 aliphatic rings. The lowest BCUT2D eigenvalue weighted by Crippen LogP contribution is -2.33. The van der Waals surface area contributed by atoms with Gasteiger partial charge in [0.15, 0.2) is 0 Å². The summed E-state index contributed by atoms with van der Waals surface area (Å²) >= 11 is 0. The highest BCUT2D eigenvalue weighted by molar-refractivity contribution is 5.90. The van der Waals surface area contributed by atoms with Crippen molar-refractivity contribution in [2.45, 2.75) is 32.6 Å². The van der Waals surface area contributed by atoms with Crippen LogP contribution in [0.15, 0.2) is 24.3 Å². The predicted molar refractivity (Wildman–Crippen MR) is 83.0 cm³/mol. The van der Waals surface area contributed by atoms with E-state index < -0.39 is 11.0 Å². The molecule has 1 amide bonds. The van der Waals surface area contributed by atoms with Crippen LogP contribution in [0.3, 0.4) is 0 Å². The van der Waals surface area contributed by atoms with Gasteiger partial charge in [0.2, 0.25) is 0 Å². The normalized spacial score (nSPS) is 10.3. The van der Waals surface area contributed by atoms with Crippen LogP contribution < -0.4 is 4.90 Å². The molecule has 0 bridgehead atoms. The van der Waals surface area contributed by atoms with Crippen LogP contribution in [0.2, 0.25) is 0 Å². The summed E-state index contributed by atoms with van der Waals surface area (Å²) in [6.45, 7) is 2.39. The fourth-order valence-electron chi connectivity index (χ4n) is 2.09. The number of ether oxygens (including phenoxy) is 1. The molecule has 7 nitrogen and oxygen atoms in total. The molecule has 0 spiro atoms. The van der Waals surface area contributed by atoms with E-state index in [1.807, 2.05) is 0 Å². The third-order valence-corrected chi connectivity index (χ3v) is 3.15. The number of rotatable bonds is 9. The number of carbonyl (C=O) groups is 1. The van der Waals surface area contributed by atoms with Crippen LogP contribution in [0.5, 0.6) is 0 Å². The van der Waals surface area contributed by atoms with Gasteiger partial charge in [0.25, 0.3) is 5.69 Å². The molecule has 0 saturated heterocycles. The summed E-state index contributed by atoms with van der Waals surface area (Å²) in [4.78, 5) is 24.0. The van der Waals surface area contributed by atoms with Gasteiger partial charge in [-0.3, -0.25) is 15.0 Å². The first kappa shape index (κ1) is 17.9. The van der Waals surface area contributed by atoms with Crippen molar-refractivity contribution >= 4 is 17.5 Å². The molecular weight excluding hydrogens is 288 g/mol. The minimum atomic E-state index is -0.584. The summed E-state index contributed by atoms with van der Waals surface area (Å²) in [5, 5.41) is 19.9. The molecule has 22 heavy (non-hydrogen) atoms. The van der Waals surface area contributed by atoms with Gasteiger partial charge in [-0.1, -0.05) is 25.0 Å². The van der Waals surface area contributed by atoms with E-state index in [4.69, 9.17) is 9.84 Å². The highest BCUT2D eigenvalue weighted by atomic mass is 16.6. The molecule has 0 aliphatic carbocycles. The van der Waals surface area contributed by atoms with Crippen LogP contribution >= 0.6 is 0 Å². The summed E-state index contributed by atoms with van der Waals surface area (Å²) < 4.78 is 5.00. The molecule has 0 radical (unpaired) electrons. The van der Waals surface area contributed by atoms with Gasteiger partial charge in [0.05, 0.1) is 11.5 Å². The Labute approximate surface area is 129 Å². The largest absolute Gasteiger partial charge is 0.449 e. The number of anilines is 1. The zero-order chi connectivity index (χ0) is 16.4. The van der Waals surface area contributed by atoms with Crippen LogP contribution in [-0.2, 0) is 4.74 Å². The molecule has 1 aromatic rings. The fraction of sp³-hybridized carbons (Fsp3) is 0.533. The van der Waals surface area contributed by atoms with E-state index in [2.05, 4.69) is 0 Å². The second kappa shape index (κ2) is 9.73. The third kappa shape index (κ3) is 5.33. The Hall–Kier alpha value is -2.15. The van der Waals surface area contributed by atoms with Gasteiger partial charge in [-0.05, 0) is 25.8 Å². The van der Waals surface area contributed by atoms with Gasteiger partial charge >= 0.3 is 6.09 Å². The first-order valence-electron chi connectivity index (χ1n) is 7.40. The van der Waals surface area contributed by atoms with E-state index in [-0.39, 0.29) is 24.6 Å². The van der Waals surface area contributed by atoms with E-state index in [9.17, 15) is 14.9 Å². The van der Waals surface area contributed by atoms with E-state index in [1.165, 1.54) is 11.0 Å². The monoisotopic (exact) mass is 310 g/mol. The molecule has 0 heterocycles. The van der Waals surface area contributed by atoms with Crippen LogP contribution in [0.25, 0.3) is 0 Å². The number of hydrogen-bond donors (Lipinski definition) is 1. The number of nitro groups is 1. The van der Waals surface area contributed by atoms with E-state index >= 15 is 0 Å². The molecule has 1 N–H and O–H groups in total. The summed E-state index contributed by atoms with van der Waals surface area (Å²) in [7, 11) is 0. The predicted octanol–water partition coefficient (Wildman–Crippen LogP) is 3.11. The van der Waals surface area contributed by atoms with Gasteiger partial charge in [0, 0.05) is 19.2 Å². The van der Waals surface area contributed by atoms with E-state index in [1.54, 1.807) is 25.1 Å². The quantitative estimate of drug-likeness (QED) is 0.430. The lowest BCUT2D eigenvalue weighted by Gasteiger charge is -2.21. The molecule has 1 rings (SSSR count). The second-order valence-electron chi connectivity index (χ2n) is 4.73. The number of nitrogens with zero attached hydrogens (tertiary/aromatic N) is 2. The number of para-hydroxylation sites is 2. The summed E-state index contributed by atoms with van der Waals surface area (Å²) in [6, 6.07) is 6.13. The average molecular weight is 310 g/mol. The zero-order valence-electron chi connectivity index (χ0n) is 12.7. The first-order chi connectivity index (χ1) is 10.6. The summed E-state index contributed by atoms with van der Waals surface area (Å²) in [5.74, 6) is 0. The Balaban J connectivity index is 2.86. The van der Waals surface area contributed by atoms with Crippen molar-refractivity contribution in [2.24, 2.45) is 0 Å². The highest BCUT2D eigenvalue weighted by Crippen LogP contribution is 2.28. The molecule has 0 fully saturated rings. The molecule has 0 unspecified atom stereocenters. The number of aliphatic hydroxyl groups is 1. The Kier molecular flexibility index (Phi) is 7.91. The van der Waals surface area contributed by atoms with Gasteiger partial charge in [-0.2, -0.15) is 0 Å². The number of nitro benzene ring substituents is 1. The van der Waals surface area contributed by atoms with Crippen molar-refractivity contribution in [3.8, 4) is 0 Å². The molecule has 7 heteroatoms. The van der Waals surface area contributed by atoms with Crippen molar-refractivity contribution in [1.82, 2.24) is 0 Å². The van der Waals surface area contributed by atoms with Gasteiger partial charge in [0.1, 0.15) is 5.69 Å². The third-order valence-electron chi connectivity index (χ3n) is 3.15. The van der Waals surface area contributed by atoms with Gasteiger partial charge in [-0.25, -0.2) is 4.79 Å². The Bertz CT molecular complexity index is 493. The van der Waals surface area contributed by atoms with Crippen LogP contribution in [0.4, 0.5) is 16.2 Å². The van der Waals surface area contributed by atoms with Gasteiger partial charge in [-0.15, -0.1) is 0 Å². The Morgan fingerprint density at radius 2 is 1.95 bits per heavy atom. The van der Waals surface area contributed by atoms with Crippen molar-refractivity contribution in [1.29, 1.82) is 0 Å². The molecule has 0 atom stereocenters. The Morgan fingerprint density at radius 3 is 2.59 bits per heavy atom. The zero-order valence-corrected chi connectivity index (χ0v) is 12.7. The minimum absolute atomic E-state index is 0.120. The first-order valence-corrected chi connectivity index (χ1v) is 7.40. The number of unbranched alkanes of at least 4 members (excludes halogenated alkanes) is 3. The molecular formula is C15H22N2O5. The van der Waals surface area contributed by atoms with Crippen LogP contribution in [-0.4, -0.2) is 35.9 Å². The SMILES string of the molecule is CCOC(=O)N(CCCCCCO)c1ccccc1[N+](=O)[O-]. The maximum absolute atomic E-state index is 12.1. The maximum atomic E-state index is 12.1. The average Bonchev–Trinajstić information content (AvgIpc) is 2.51. The minimum Gasteiger partial charge on any atom is -0.449 e. The molecule has 122 valence electrons. The topological polar surface area (TPSA) is 92.9 Å². The Morgan fingerprint density at radius 1 is 1.27 bits per heavy atom. The van der Waals surface area contributed by atoms with Crippen LogP contribution in [0.1, 0.15) is 32.6 Å². The molecule has 1 aromatic carbocycles. The van der Waals surface area contributed by atoms with Crippen molar-refractivity contribution in [2.75, 3.05) is 24.7 Å². The standard InChI is InChI=1S/C15H22N2O5/c1-2-22-15(19)16(11-7-3-4-8-12-18)13-9-5-6-10-14(13)17(20)21/h5-6,9-10,18H,2-4,7-8,11-12H2,1H3.